The topological polar surface area (TPSA) is 132 Å². The van der Waals surface area contributed by atoms with Crippen molar-refractivity contribution in [2.24, 2.45) is 0 Å². The number of aliphatic hydroxyl groups is 2. The third-order valence-electron chi connectivity index (χ3n) is 9.38. The molecule has 11 heteroatoms. The number of likely N-dealkylation sites (N-methyl/N-ethyl adjacent to an activating group) is 1. The maximum absolute atomic E-state index is 12.5. The van der Waals surface area contributed by atoms with E-state index in [9.17, 15) is 24.5 Å². The Kier molecular flexibility index (Phi) is 36.8. The van der Waals surface area contributed by atoms with Gasteiger partial charge in [-0.15, -0.1) is 0 Å². The van der Waals surface area contributed by atoms with Crippen LogP contribution in [0.15, 0.2) is 60.9 Å². The van der Waals surface area contributed by atoms with Gasteiger partial charge in [-0.2, -0.15) is 0 Å². The molecule has 3 N–H and O–H groups in total. The van der Waals surface area contributed by atoms with Crippen LogP contribution in [0.5, 0.6) is 0 Å². The van der Waals surface area contributed by atoms with Gasteiger partial charge >= 0.3 is 13.8 Å². The minimum atomic E-state index is -4.32. The van der Waals surface area contributed by atoms with Crippen molar-refractivity contribution in [3.8, 4) is 0 Å². The van der Waals surface area contributed by atoms with Crippen LogP contribution in [0, 0.1) is 0 Å². The normalized spacial score (nSPS) is 15.4. The molecule has 0 amide bonds. The van der Waals surface area contributed by atoms with Crippen molar-refractivity contribution in [1.29, 1.82) is 0 Å². The number of phosphoric acid groups is 1. The van der Waals surface area contributed by atoms with Crippen LogP contribution in [0.1, 0.15) is 162 Å². The van der Waals surface area contributed by atoms with Crippen LogP contribution in [-0.4, -0.2) is 91.4 Å². The smallest absolute Gasteiger partial charge is 0.472 e. The first-order chi connectivity index (χ1) is 27.4. The lowest BCUT2D eigenvalue weighted by molar-refractivity contribution is -0.870. The lowest BCUT2D eigenvalue weighted by Gasteiger charge is -2.24. The van der Waals surface area contributed by atoms with Crippen molar-refractivity contribution in [2.45, 2.75) is 180 Å². The second-order valence-electron chi connectivity index (χ2n) is 16.2. The average molecular weight is 827 g/mol. The molecular formula is C46H85NO9P+. The number of unbranched alkanes of at least 4 members (excludes halogenated alkanes) is 16. The van der Waals surface area contributed by atoms with Gasteiger partial charge in [0.1, 0.15) is 19.8 Å². The standard InChI is InChI=1S/C46H84NO9P/c1-6-8-10-11-12-13-14-15-16-17-18-19-20-24-27-31-39-53-45(42-56-57(51,52)55-40-38-47(3,4)5)41-54-46(50)37-32-36-44(49)35-30-26-23-21-22-25-29-34-43(48)33-28-9-7-2/h22-23,25-26,29-31,34-35,39,43-45,48-49H,6-21,24,27-28,32-33,36-38,40-42H2,1-5H3/p+1/b25-22-,26-23-,34-29+,35-30+,39-31+/t43-,44-,45+/m0/s1. The molecule has 0 heterocycles. The highest BCUT2D eigenvalue weighted by Gasteiger charge is 2.25. The van der Waals surface area contributed by atoms with Crippen LogP contribution in [0.3, 0.4) is 0 Å². The molecule has 4 atom stereocenters. The number of phosphoric ester groups is 1. The molecule has 1 unspecified atom stereocenters. The molecule has 0 aliphatic rings. The van der Waals surface area contributed by atoms with Crippen LogP contribution in [0.25, 0.3) is 0 Å². The van der Waals surface area contributed by atoms with Crippen molar-refractivity contribution in [3.63, 3.8) is 0 Å². The number of hydrogen-bond donors (Lipinski definition) is 3. The number of nitrogens with zero attached hydrogens (tertiary/aromatic N) is 1. The van der Waals surface area contributed by atoms with Gasteiger partial charge in [-0.1, -0.05) is 165 Å². The van der Waals surface area contributed by atoms with E-state index in [0.29, 0.717) is 23.9 Å². The Morgan fingerprint density at radius 3 is 1.70 bits per heavy atom. The third kappa shape index (κ3) is 41.9. The lowest BCUT2D eigenvalue weighted by Crippen LogP contribution is -2.37. The Labute approximate surface area is 348 Å². The molecule has 0 saturated heterocycles. The molecule has 0 aromatic carbocycles. The van der Waals surface area contributed by atoms with Crippen molar-refractivity contribution in [3.05, 3.63) is 60.9 Å². The van der Waals surface area contributed by atoms with Crippen molar-refractivity contribution in [2.75, 3.05) is 47.5 Å². The predicted molar refractivity (Wildman–Crippen MR) is 236 cm³/mol. The minimum absolute atomic E-state index is 0.0508. The van der Waals surface area contributed by atoms with Crippen LogP contribution < -0.4 is 0 Å². The molecule has 57 heavy (non-hydrogen) atoms. The molecule has 0 aliphatic heterocycles. The van der Waals surface area contributed by atoms with Crippen LogP contribution >= 0.6 is 7.82 Å². The number of quaternary nitrogens is 1. The van der Waals surface area contributed by atoms with Crippen LogP contribution in [-0.2, 0) is 27.9 Å². The summed E-state index contributed by atoms with van der Waals surface area (Å²) in [6.07, 6.45) is 41.4. The Morgan fingerprint density at radius 1 is 0.649 bits per heavy atom. The maximum atomic E-state index is 12.5. The van der Waals surface area contributed by atoms with Gasteiger partial charge in [0.2, 0.25) is 0 Å². The minimum Gasteiger partial charge on any atom is -0.492 e. The van der Waals surface area contributed by atoms with Gasteiger partial charge < -0.3 is 29.1 Å². The molecule has 10 nitrogen and oxygen atoms in total. The predicted octanol–water partition coefficient (Wildman–Crippen LogP) is 11.2. The van der Waals surface area contributed by atoms with E-state index in [4.69, 9.17) is 18.5 Å². The van der Waals surface area contributed by atoms with Gasteiger partial charge in [0.05, 0.1) is 46.2 Å². The maximum Gasteiger partial charge on any atom is 0.472 e. The van der Waals surface area contributed by atoms with Gasteiger partial charge in [0.25, 0.3) is 0 Å². The monoisotopic (exact) mass is 827 g/mol. The fraction of sp³-hybridized carbons (Fsp3) is 0.761. The average Bonchev–Trinajstić information content (AvgIpc) is 3.15. The van der Waals surface area contributed by atoms with Crippen molar-refractivity contribution in [1.82, 2.24) is 0 Å². The lowest BCUT2D eigenvalue weighted by atomic mass is 10.0. The molecule has 332 valence electrons. The number of carbonyl (C=O) groups is 1. The van der Waals surface area contributed by atoms with E-state index in [1.807, 2.05) is 63.7 Å². The number of rotatable bonds is 40. The largest absolute Gasteiger partial charge is 0.492 e. The molecule has 0 saturated carbocycles. The van der Waals surface area contributed by atoms with E-state index in [2.05, 4.69) is 13.8 Å². The molecule has 0 aliphatic carbocycles. The van der Waals surface area contributed by atoms with E-state index in [0.717, 1.165) is 51.4 Å². The highest BCUT2D eigenvalue weighted by atomic mass is 31.2. The highest BCUT2D eigenvalue weighted by molar-refractivity contribution is 7.47. The summed E-state index contributed by atoms with van der Waals surface area (Å²) >= 11 is 0. The first-order valence-electron chi connectivity index (χ1n) is 22.3. The van der Waals surface area contributed by atoms with Crippen LogP contribution in [0.4, 0.5) is 0 Å². The summed E-state index contributed by atoms with van der Waals surface area (Å²) in [4.78, 5) is 22.7. The number of hydrogen-bond acceptors (Lipinski definition) is 8. The summed E-state index contributed by atoms with van der Waals surface area (Å²) in [5.41, 5.74) is 0. The summed E-state index contributed by atoms with van der Waals surface area (Å²) < 4.78 is 34.6. The second-order valence-corrected chi connectivity index (χ2v) is 17.6. The highest BCUT2D eigenvalue weighted by Crippen LogP contribution is 2.43. The summed E-state index contributed by atoms with van der Waals surface area (Å²) in [6.45, 7) is 4.54. The molecule has 0 aromatic heterocycles. The molecule has 0 radical (unpaired) electrons. The van der Waals surface area contributed by atoms with E-state index in [1.165, 1.54) is 77.0 Å². The SMILES string of the molecule is CCCCCCCCCCCCCCCC/C=C/O[C@H](COC(=O)CCC[C@@H](O)/C=C/C=C\C/C=C\C=C\[C@@H](O)CCCCC)COP(=O)(O)OCC[N+](C)(C)C. The second kappa shape index (κ2) is 38.2. The molecule has 0 spiro atoms. The molecule has 0 fully saturated rings. The zero-order chi connectivity index (χ0) is 42.3. The number of ether oxygens (including phenoxy) is 2. The van der Waals surface area contributed by atoms with Gasteiger partial charge in [-0.05, 0) is 44.6 Å². The van der Waals surface area contributed by atoms with Crippen molar-refractivity contribution < 1.29 is 47.5 Å². The number of allylic oxidation sites excluding steroid dienone is 7. The Morgan fingerprint density at radius 2 is 1.16 bits per heavy atom. The fourth-order valence-corrected chi connectivity index (χ4v) is 6.49. The van der Waals surface area contributed by atoms with E-state index >= 15 is 0 Å². The first kappa shape index (κ1) is 55.0. The fourth-order valence-electron chi connectivity index (χ4n) is 5.75. The zero-order valence-corrected chi connectivity index (χ0v) is 37.7. The summed E-state index contributed by atoms with van der Waals surface area (Å²) in [5, 5.41) is 20.2. The quantitative estimate of drug-likeness (QED) is 0.0138. The van der Waals surface area contributed by atoms with Crippen LogP contribution in [0.2, 0.25) is 0 Å². The van der Waals surface area contributed by atoms with E-state index in [-0.39, 0.29) is 26.2 Å². The number of carbonyl (C=O) groups excluding carboxylic acids is 1. The van der Waals surface area contributed by atoms with E-state index < -0.39 is 32.1 Å². The summed E-state index contributed by atoms with van der Waals surface area (Å²) in [6, 6.07) is 0. The molecule has 0 aromatic rings. The van der Waals surface area contributed by atoms with Gasteiger partial charge in [-0.3, -0.25) is 13.8 Å². The van der Waals surface area contributed by atoms with Gasteiger partial charge in [0.15, 0.2) is 6.10 Å². The Bertz CT molecular complexity index is 1130. The summed E-state index contributed by atoms with van der Waals surface area (Å²) in [5.74, 6) is -0.452. The summed E-state index contributed by atoms with van der Waals surface area (Å²) in [7, 11) is 1.54. The van der Waals surface area contributed by atoms with Crippen molar-refractivity contribution >= 4 is 13.8 Å². The molecular weight excluding hydrogens is 741 g/mol. The van der Waals surface area contributed by atoms with Gasteiger partial charge in [0, 0.05) is 6.42 Å². The Hall–Kier alpha value is -2.04. The molecule has 0 bridgehead atoms. The van der Waals surface area contributed by atoms with Gasteiger partial charge in [-0.25, -0.2) is 4.57 Å². The third-order valence-corrected chi connectivity index (χ3v) is 10.4. The molecule has 0 rings (SSSR count). The first-order valence-corrected chi connectivity index (χ1v) is 23.8. The number of aliphatic hydroxyl groups excluding tert-OH is 2. The number of esters is 1. The Balaban J connectivity index is 4.52. The zero-order valence-electron chi connectivity index (χ0n) is 36.8. The van der Waals surface area contributed by atoms with E-state index in [1.54, 1.807) is 18.4 Å².